The van der Waals surface area contributed by atoms with E-state index >= 15 is 0 Å². The zero-order chi connectivity index (χ0) is 18.2. The summed E-state index contributed by atoms with van der Waals surface area (Å²) in [5, 5.41) is 12.3. The maximum Gasteiger partial charge on any atom is 0.194 e. The molecule has 0 aromatic heterocycles. The average molecular weight is 483 g/mol. The second-order valence-corrected chi connectivity index (χ2v) is 6.99. The van der Waals surface area contributed by atoms with Crippen LogP contribution in [0.25, 0.3) is 0 Å². The number of halogens is 1. The van der Waals surface area contributed by atoms with Gasteiger partial charge in [0.05, 0.1) is 31.4 Å². The molecule has 2 saturated heterocycles. The largest absolute Gasteiger partial charge is 0.379 e. The summed E-state index contributed by atoms with van der Waals surface area (Å²) in [7, 11) is 0. The van der Waals surface area contributed by atoms with Crippen LogP contribution in [0, 0.1) is 17.2 Å². The van der Waals surface area contributed by atoms with Gasteiger partial charge in [-0.25, -0.2) is 4.99 Å². The Morgan fingerprint density at radius 3 is 2.67 bits per heavy atom. The van der Waals surface area contributed by atoms with Gasteiger partial charge in [0.25, 0.3) is 0 Å². The Morgan fingerprint density at radius 1 is 1.26 bits per heavy atom. The number of morpholine rings is 1. The molecular formula is C20H30IN5O. The van der Waals surface area contributed by atoms with Crippen LogP contribution in [-0.4, -0.2) is 68.2 Å². The first kappa shape index (κ1) is 21.9. The molecule has 1 N–H and O–H groups in total. The molecule has 0 spiro atoms. The smallest absolute Gasteiger partial charge is 0.194 e. The first-order chi connectivity index (χ1) is 12.8. The van der Waals surface area contributed by atoms with Crippen LogP contribution in [0.5, 0.6) is 0 Å². The SMILES string of the molecule is CCNC(=NCc1ccc(C#N)cc1)N1CCC(CN2CCOCC2)C1.I. The molecule has 1 unspecified atom stereocenters. The second-order valence-electron chi connectivity index (χ2n) is 6.99. The number of nitriles is 1. The summed E-state index contributed by atoms with van der Waals surface area (Å²) in [6.07, 6.45) is 1.22. The highest BCUT2D eigenvalue weighted by Gasteiger charge is 2.27. The number of hydrogen-bond donors (Lipinski definition) is 1. The molecule has 0 saturated carbocycles. The third kappa shape index (κ3) is 6.63. The lowest BCUT2D eigenvalue weighted by atomic mass is 10.1. The Balaban J connectivity index is 0.00000261. The molecule has 2 fully saturated rings. The number of likely N-dealkylation sites (tertiary alicyclic amines) is 1. The number of nitrogens with one attached hydrogen (secondary N) is 1. The number of rotatable bonds is 5. The van der Waals surface area contributed by atoms with Crippen molar-refractivity contribution in [3.05, 3.63) is 35.4 Å². The molecule has 2 aliphatic rings. The Hall–Kier alpha value is -1.37. The summed E-state index contributed by atoms with van der Waals surface area (Å²) in [5.41, 5.74) is 1.82. The van der Waals surface area contributed by atoms with Gasteiger partial charge in [-0.3, -0.25) is 4.90 Å². The third-order valence-electron chi connectivity index (χ3n) is 5.03. The Kier molecular flexibility index (Phi) is 9.31. The van der Waals surface area contributed by atoms with Crippen LogP contribution in [-0.2, 0) is 11.3 Å². The monoisotopic (exact) mass is 483 g/mol. The highest BCUT2D eigenvalue weighted by Crippen LogP contribution is 2.18. The Labute approximate surface area is 179 Å². The van der Waals surface area contributed by atoms with E-state index in [4.69, 9.17) is 15.0 Å². The standard InChI is InChI=1S/C20H29N5O.HI/c1-2-22-20(23-14-18-5-3-17(13-21)4-6-18)25-8-7-19(16-25)15-24-9-11-26-12-10-24;/h3-6,19H,2,7-12,14-16H2,1H3,(H,22,23);1H. The minimum Gasteiger partial charge on any atom is -0.379 e. The molecule has 148 valence electrons. The fourth-order valence-electron chi connectivity index (χ4n) is 3.60. The first-order valence-electron chi connectivity index (χ1n) is 9.61. The van der Waals surface area contributed by atoms with Crippen molar-refractivity contribution in [1.29, 1.82) is 5.26 Å². The molecule has 0 bridgehead atoms. The normalized spacial score (nSPS) is 20.8. The maximum absolute atomic E-state index is 8.90. The van der Waals surface area contributed by atoms with E-state index in [9.17, 15) is 0 Å². The van der Waals surface area contributed by atoms with E-state index in [2.05, 4.69) is 28.1 Å². The van der Waals surface area contributed by atoms with Gasteiger partial charge in [-0.2, -0.15) is 5.26 Å². The summed E-state index contributed by atoms with van der Waals surface area (Å²) in [5.74, 6) is 1.70. The van der Waals surface area contributed by atoms with Gasteiger partial charge in [0.2, 0.25) is 0 Å². The van der Waals surface area contributed by atoms with Crippen LogP contribution in [0.2, 0.25) is 0 Å². The van der Waals surface area contributed by atoms with E-state index in [1.54, 1.807) is 0 Å². The highest BCUT2D eigenvalue weighted by molar-refractivity contribution is 14.0. The van der Waals surface area contributed by atoms with Crippen molar-refractivity contribution in [2.45, 2.75) is 19.9 Å². The van der Waals surface area contributed by atoms with Crippen molar-refractivity contribution in [1.82, 2.24) is 15.1 Å². The molecule has 7 heteroatoms. The van der Waals surface area contributed by atoms with Crippen LogP contribution in [0.3, 0.4) is 0 Å². The minimum atomic E-state index is 0. The molecule has 1 aromatic carbocycles. The predicted molar refractivity (Wildman–Crippen MR) is 118 cm³/mol. The predicted octanol–water partition coefficient (Wildman–Crippen LogP) is 2.30. The molecule has 6 nitrogen and oxygen atoms in total. The molecule has 0 aliphatic carbocycles. The number of guanidine groups is 1. The number of hydrogen-bond acceptors (Lipinski definition) is 4. The van der Waals surface area contributed by atoms with E-state index in [1.165, 1.54) is 6.42 Å². The van der Waals surface area contributed by atoms with E-state index in [0.717, 1.165) is 64.0 Å². The summed E-state index contributed by atoms with van der Waals surface area (Å²) in [6, 6.07) is 9.83. The van der Waals surface area contributed by atoms with Crippen molar-refractivity contribution in [3.8, 4) is 6.07 Å². The van der Waals surface area contributed by atoms with E-state index < -0.39 is 0 Å². The third-order valence-corrected chi connectivity index (χ3v) is 5.03. The maximum atomic E-state index is 8.90. The minimum absolute atomic E-state index is 0. The number of ether oxygens (including phenoxy) is 1. The molecule has 27 heavy (non-hydrogen) atoms. The zero-order valence-corrected chi connectivity index (χ0v) is 18.4. The van der Waals surface area contributed by atoms with Gasteiger partial charge < -0.3 is 15.0 Å². The fourth-order valence-corrected chi connectivity index (χ4v) is 3.60. The lowest BCUT2D eigenvalue weighted by Crippen LogP contribution is -2.42. The molecule has 0 amide bonds. The molecule has 2 heterocycles. The van der Waals surface area contributed by atoms with Crippen molar-refractivity contribution >= 4 is 29.9 Å². The van der Waals surface area contributed by atoms with Gasteiger partial charge >= 0.3 is 0 Å². The van der Waals surface area contributed by atoms with Crippen LogP contribution in [0.4, 0.5) is 0 Å². The Bertz CT molecular complexity index is 637. The lowest BCUT2D eigenvalue weighted by Gasteiger charge is -2.29. The van der Waals surface area contributed by atoms with E-state index in [-0.39, 0.29) is 24.0 Å². The number of nitrogens with zero attached hydrogens (tertiary/aromatic N) is 4. The van der Waals surface area contributed by atoms with Crippen molar-refractivity contribution in [3.63, 3.8) is 0 Å². The summed E-state index contributed by atoms with van der Waals surface area (Å²) >= 11 is 0. The quantitative estimate of drug-likeness (QED) is 0.396. The fraction of sp³-hybridized carbons (Fsp3) is 0.600. The topological polar surface area (TPSA) is 63.9 Å². The van der Waals surface area contributed by atoms with Gasteiger partial charge in [0.15, 0.2) is 5.96 Å². The zero-order valence-electron chi connectivity index (χ0n) is 16.1. The number of benzene rings is 1. The highest BCUT2D eigenvalue weighted by atomic mass is 127. The lowest BCUT2D eigenvalue weighted by molar-refractivity contribution is 0.0315. The molecule has 0 radical (unpaired) electrons. The van der Waals surface area contributed by atoms with Crippen LogP contribution in [0.1, 0.15) is 24.5 Å². The molecule has 2 aliphatic heterocycles. The van der Waals surface area contributed by atoms with Crippen molar-refractivity contribution in [2.75, 3.05) is 52.5 Å². The molecule has 1 atom stereocenters. The van der Waals surface area contributed by atoms with Crippen LogP contribution < -0.4 is 5.32 Å². The van der Waals surface area contributed by atoms with Gasteiger partial charge in [0.1, 0.15) is 0 Å². The van der Waals surface area contributed by atoms with Crippen LogP contribution >= 0.6 is 24.0 Å². The number of aliphatic imine (C=N–C) groups is 1. The first-order valence-corrected chi connectivity index (χ1v) is 9.61. The van der Waals surface area contributed by atoms with Crippen molar-refractivity contribution < 1.29 is 4.74 Å². The second kappa shape index (κ2) is 11.5. The van der Waals surface area contributed by atoms with Crippen molar-refractivity contribution in [2.24, 2.45) is 10.9 Å². The van der Waals surface area contributed by atoms with Gasteiger partial charge in [-0.15, -0.1) is 24.0 Å². The van der Waals surface area contributed by atoms with E-state index in [0.29, 0.717) is 18.0 Å². The average Bonchev–Trinajstić information content (AvgIpc) is 3.14. The van der Waals surface area contributed by atoms with Gasteiger partial charge in [-0.05, 0) is 37.0 Å². The van der Waals surface area contributed by atoms with Gasteiger partial charge in [0, 0.05) is 39.3 Å². The molecule has 1 aromatic rings. The summed E-state index contributed by atoms with van der Waals surface area (Å²) in [6.45, 7) is 10.8. The van der Waals surface area contributed by atoms with Gasteiger partial charge in [-0.1, -0.05) is 12.1 Å². The van der Waals surface area contributed by atoms with Crippen LogP contribution in [0.15, 0.2) is 29.3 Å². The Morgan fingerprint density at radius 2 is 2.00 bits per heavy atom. The summed E-state index contributed by atoms with van der Waals surface area (Å²) < 4.78 is 5.45. The molecular weight excluding hydrogens is 453 g/mol. The van der Waals surface area contributed by atoms with E-state index in [1.807, 2.05) is 24.3 Å². The summed E-state index contributed by atoms with van der Waals surface area (Å²) in [4.78, 5) is 9.73. The molecule has 3 rings (SSSR count).